The van der Waals surface area contributed by atoms with Gasteiger partial charge >= 0.3 is 6.18 Å². The summed E-state index contributed by atoms with van der Waals surface area (Å²) >= 11 is 0. The van der Waals surface area contributed by atoms with Gasteiger partial charge in [0, 0.05) is 12.1 Å². The number of hydrogen-bond acceptors (Lipinski definition) is 5. The largest absolute Gasteiger partial charge is 0.483 e. The molecule has 0 bridgehead atoms. The van der Waals surface area contributed by atoms with Crippen molar-refractivity contribution in [1.29, 1.82) is 0 Å². The standard InChI is InChI=1S/C20H21F3N4O3/c1-12(14-7-8-24-17(9-14)27-18(28)13-3-2-4-13)26-19(29)16-6-5-15(10-25-16)30-11-20(21,22)23/h5-10,12-13H,2-4,11H2,1H3,(H,26,29)(H,24,27,28). The van der Waals surface area contributed by atoms with Gasteiger partial charge in [-0.1, -0.05) is 6.42 Å². The maximum absolute atomic E-state index is 12.4. The van der Waals surface area contributed by atoms with Crippen molar-refractivity contribution in [1.82, 2.24) is 15.3 Å². The minimum absolute atomic E-state index is 0.0294. The van der Waals surface area contributed by atoms with Gasteiger partial charge in [0.25, 0.3) is 5.91 Å². The Kier molecular flexibility index (Phi) is 6.53. The number of pyridine rings is 2. The van der Waals surface area contributed by atoms with Gasteiger partial charge in [-0.3, -0.25) is 9.59 Å². The lowest BCUT2D eigenvalue weighted by atomic mass is 9.85. The van der Waals surface area contributed by atoms with E-state index in [2.05, 4.69) is 25.3 Å². The van der Waals surface area contributed by atoms with E-state index in [4.69, 9.17) is 0 Å². The number of rotatable bonds is 7. The Bertz CT molecular complexity index is 899. The molecule has 160 valence electrons. The number of ether oxygens (including phenoxy) is 1. The average molecular weight is 422 g/mol. The van der Waals surface area contributed by atoms with Gasteiger partial charge < -0.3 is 15.4 Å². The minimum Gasteiger partial charge on any atom is -0.483 e. The van der Waals surface area contributed by atoms with E-state index in [0.29, 0.717) is 5.82 Å². The molecule has 30 heavy (non-hydrogen) atoms. The maximum atomic E-state index is 12.4. The third-order valence-electron chi connectivity index (χ3n) is 4.73. The molecule has 0 saturated heterocycles. The van der Waals surface area contributed by atoms with Crippen LogP contribution in [0.25, 0.3) is 0 Å². The van der Waals surface area contributed by atoms with Gasteiger partial charge in [-0.15, -0.1) is 0 Å². The monoisotopic (exact) mass is 422 g/mol. The lowest BCUT2D eigenvalue weighted by Crippen LogP contribution is -2.29. The van der Waals surface area contributed by atoms with Gasteiger partial charge in [-0.05, 0) is 49.6 Å². The van der Waals surface area contributed by atoms with Gasteiger partial charge in [0.1, 0.15) is 17.3 Å². The van der Waals surface area contributed by atoms with Crippen LogP contribution in [0.1, 0.15) is 48.3 Å². The number of hydrogen-bond donors (Lipinski definition) is 2. The van der Waals surface area contributed by atoms with Crippen LogP contribution in [0, 0.1) is 5.92 Å². The molecule has 1 aliphatic carbocycles. The lowest BCUT2D eigenvalue weighted by molar-refractivity contribution is -0.153. The average Bonchev–Trinajstić information content (AvgIpc) is 2.65. The smallest absolute Gasteiger partial charge is 0.422 e. The summed E-state index contributed by atoms with van der Waals surface area (Å²) in [6.45, 7) is 0.324. The molecule has 1 unspecified atom stereocenters. The fourth-order valence-corrected chi connectivity index (χ4v) is 2.80. The number of alkyl halides is 3. The van der Waals surface area contributed by atoms with E-state index in [1.165, 1.54) is 12.1 Å². The molecule has 7 nitrogen and oxygen atoms in total. The van der Waals surface area contributed by atoms with E-state index in [1.807, 2.05) is 0 Å². The number of carbonyl (C=O) groups excluding carboxylic acids is 2. The van der Waals surface area contributed by atoms with E-state index in [-0.39, 0.29) is 23.3 Å². The molecule has 1 aliphatic rings. The quantitative estimate of drug-likeness (QED) is 0.711. The number of anilines is 1. The van der Waals surface area contributed by atoms with Gasteiger partial charge in [-0.25, -0.2) is 9.97 Å². The van der Waals surface area contributed by atoms with Crippen LogP contribution in [0.2, 0.25) is 0 Å². The topological polar surface area (TPSA) is 93.2 Å². The van der Waals surface area contributed by atoms with Crippen LogP contribution in [0.4, 0.5) is 19.0 Å². The first-order chi connectivity index (χ1) is 14.2. The van der Waals surface area contributed by atoms with Gasteiger partial charge in [0.15, 0.2) is 6.61 Å². The molecule has 0 radical (unpaired) electrons. The molecule has 2 amide bonds. The van der Waals surface area contributed by atoms with Crippen molar-refractivity contribution in [3.63, 3.8) is 0 Å². The van der Waals surface area contributed by atoms with Crippen molar-refractivity contribution in [2.24, 2.45) is 5.92 Å². The van der Waals surface area contributed by atoms with E-state index in [9.17, 15) is 22.8 Å². The molecule has 1 fully saturated rings. The minimum atomic E-state index is -4.45. The molecule has 1 atom stereocenters. The summed E-state index contributed by atoms with van der Waals surface area (Å²) in [5, 5.41) is 5.53. The molecule has 0 spiro atoms. The zero-order chi connectivity index (χ0) is 21.7. The number of amides is 2. The van der Waals surface area contributed by atoms with Gasteiger partial charge in [0.2, 0.25) is 5.91 Å². The van der Waals surface area contributed by atoms with Crippen molar-refractivity contribution in [3.8, 4) is 5.75 Å². The van der Waals surface area contributed by atoms with Crippen LogP contribution in [0.3, 0.4) is 0 Å². The fraction of sp³-hybridized carbons (Fsp3) is 0.400. The maximum Gasteiger partial charge on any atom is 0.422 e. The number of aromatic nitrogens is 2. The van der Waals surface area contributed by atoms with Gasteiger partial charge in [0.05, 0.1) is 12.2 Å². The summed E-state index contributed by atoms with van der Waals surface area (Å²) in [5.74, 6) is -0.198. The second-order valence-corrected chi connectivity index (χ2v) is 7.07. The predicted molar refractivity (Wildman–Crippen MR) is 102 cm³/mol. The third-order valence-corrected chi connectivity index (χ3v) is 4.73. The summed E-state index contributed by atoms with van der Waals surface area (Å²) in [7, 11) is 0. The van der Waals surface area contributed by atoms with Gasteiger partial charge in [-0.2, -0.15) is 13.2 Å². The van der Waals surface area contributed by atoms with E-state index in [0.717, 1.165) is 31.0 Å². The zero-order valence-electron chi connectivity index (χ0n) is 16.2. The first-order valence-electron chi connectivity index (χ1n) is 9.44. The Balaban J connectivity index is 1.57. The number of halogens is 3. The van der Waals surface area contributed by atoms with Crippen LogP contribution in [-0.4, -0.2) is 34.6 Å². The Morgan fingerprint density at radius 1 is 1.23 bits per heavy atom. The van der Waals surface area contributed by atoms with Crippen LogP contribution >= 0.6 is 0 Å². The van der Waals surface area contributed by atoms with E-state index >= 15 is 0 Å². The third kappa shape index (κ3) is 5.91. The highest BCUT2D eigenvalue weighted by Gasteiger charge is 2.28. The molecular weight excluding hydrogens is 401 g/mol. The molecule has 0 aromatic carbocycles. The predicted octanol–water partition coefficient (Wildman–Crippen LogP) is 3.65. The molecule has 2 aromatic rings. The lowest BCUT2D eigenvalue weighted by Gasteiger charge is -2.24. The second-order valence-electron chi connectivity index (χ2n) is 7.07. The van der Waals surface area contributed by atoms with Crippen LogP contribution in [0.5, 0.6) is 5.75 Å². The highest BCUT2D eigenvalue weighted by atomic mass is 19.4. The molecular formula is C20H21F3N4O3. The summed E-state index contributed by atoms with van der Waals surface area (Å²) in [6.07, 6.45) is 0.964. The van der Waals surface area contributed by atoms with Crippen LogP contribution < -0.4 is 15.4 Å². The first-order valence-corrected chi connectivity index (χ1v) is 9.44. The van der Waals surface area contributed by atoms with Crippen molar-refractivity contribution >= 4 is 17.6 Å². The molecule has 10 heteroatoms. The second kappa shape index (κ2) is 9.10. The highest BCUT2D eigenvalue weighted by Crippen LogP contribution is 2.27. The Morgan fingerprint density at radius 2 is 2.00 bits per heavy atom. The van der Waals surface area contributed by atoms with E-state index in [1.54, 1.807) is 25.3 Å². The Hall–Kier alpha value is -3.17. The molecule has 0 aliphatic heterocycles. The zero-order valence-corrected chi connectivity index (χ0v) is 16.2. The fourth-order valence-electron chi connectivity index (χ4n) is 2.80. The normalized spacial score (nSPS) is 15.1. The van der Waals surface area contributed by atoms with E-state index < -0.39 is 24.7 Å². The van der Waals surface area contributed by atoms with Crippen LogP contribution in [0.15, 0.2) is 36.7 Å². The first kappa shape index (κ1) is 21.5. The Labute approximate surface area is 171 Å². The summed E-state index contributed by atoms with van der Waals surface area (Å²) < 4.78 is 41.1. The number of nitrogens with one attached hydrogen (secondary N) is 2. The van der Waals surface area contributed by atoms with Crippen molar-refractivity contribution in [2.75, 3.05) is 11.9 Å². The van der Waals surface area contributed by atoms with Crippen molar-refractivity contribution in [3.05, 3.63) is 47.9 Å². The molecule has 3 rings (SSSR count). The number of carbonyl (C=O) groups is 2. The Morgan fingerprint density at radius 3 is 2.60 bits per heavy atom. The van der Waals surface area contributed by atoms with Crippen LogP contribution in [-0.2, 0) is 4.79 Å². The van der Waals surface area contributed by atoms with Crippen molar-refractivity contribution < 1.29 is 27.5 Å². The molecule has 1 saturated carbocycles. The summed E-state index contributed by atoms with van der Waals surface area (Å²) in [6, 6.07) is 5.51. The summed E-state index contributed by atoms with van der Waals surface area (Å²) in [4.78, 5) is 32.4. The summed E-state index contributed by atoms with van der Waals surface area (Å²) in [5.41, 5.74) is 0.765. The molecule has 2 N–H and O–H groups in total. The number of nitrogens with zero attached hydrogens (tertiary/aromatic N) is 2. The highest BCUT2D eigenvalue weighted by molar-refractivity contribution is 5.93. The molecule has 2 heterocycles. The van der Waals surface area contributed by atoms with Crippen molar-refractivity contribution in [2.45, 2.75) is 38.4 Å². The SMILES string of the molecule is CC(NC(=O)c1ccc(OCC(F)(F)F)cn1)c1ccnc(NC(=O)C2CCC2)c1. The molecule has 2 aromatic heterocycles.